The van der Waals surface area contributed by atoms with E-state index in [1.165, 1.54) is 7.11 Å². The van der Waals surface area contributed by atoms with Crippen molar-refractivity contribution in [2.24, 2.45) is 0 Å². The first-order valence-electron chi connectivity index (χ1n) is 6.14. The van der Waals surface area contributed by atoms with Gasteiger partial charge in [0, 0.05) is 6.54 Å². The van der Waals surface area contributed by atoms with E-state index in [9.17, 15) is 9.59 Å². The van der Waals surface area contributed by atoms with Crippen molar-refractivity contribution in [1.29, 1.82) is 0 Å². The van der Waals surface area contributed by atoms with E-state index in [-0.39, 0.29) is 18.4 Å². The highest BCUT2D eigenvalue weighted by molar-refractivity contribution is 5.89. The maximum absolute atomic E-state index is 12.4. The molecule has 1 N–H and O–H groups in total. The summed E-state index contributed by atoms with van der Waals surface area (Å²) in [6, 6.07) is 0. The van der Waals surface area contributed by atoms with Gasteiger partial charge in [-0.05, 0) is 32.7 Å². The van der Waals surface area contributed by atoms with Gasteiger partial charge in [-0.25, -0.2) is 0 Å². The second kappa shape index (κ2) is 6.00. The molecule has 5 heteroatoms. The van der Waals surface area contributed by atoms with Crippen molar-refractivity contribution in [3.8, 4) is 0 Å². The summed E-state index contributed by atoms with van der Waals surface area (Å²) in [4.78, 5) is 25.2. The molecule has 1 aliphatic heterocycles. The minimum atomic E-state index is -0.511. The minimum Gasteiger partial charge on any atom is -0.468 e. The van der Waals surface area contributed by atoms with Crippen molar-refractivity contribution in [2.75, 3.05) is 26.7 Å². The lowest BCUT2D eigenvalue weighted by atomic mass is 9.98. The molecule has 0 bridgehead atoms. The number of esters is 1. The third-order valence-corrected chi connectivity index (χ3v) is 3.17. The molecule has 0 aromatic carbocycles. The van der Waals surface area contributed by atoms with E-state index in [2.05, 4.69) is 10.1 Å². The van der Waals surface area contributed by atoms with Crippen LogP contribution in [-0.4, -0.2) is 49.1 Å². The Kier molecular flexibility index (Phi) is 4.93. The molecule has 1 atom stereocenters. The Morgan fingerprint density at radius 2 is 2.18 bits per heavy atom. The molecule has 0 radical (unpaired) electrons. The average Bonchev–Trinajstić information content (AvgIpc) is 2.75. The Hall–Kier alpha value is -1.10. The van der Waals surface area contributed by atoms with Crippen molar-refractivity contribution in [2.45, 2.75) is 38.6 Å². The largest absolute Gasteiger partial charge is 0.468 e. The molecule has 1 rings (SSSR count). The number of carbonyl (C=O) groups is 2. The van der Waals surface area contributed by atoms with Crippen LogP contribution >= 0.6 is 0 Å². The SMILES string of the molecule is CCCN(CC(=O)OC)C(=O)C1(C)CCCN1. The lowest BCUT2D eigenvalue weighted by Gasteiger charge is -2.31. The number of nitrogens with one attached hydrogen (secondary N) is 1. The molecule has 5 nitrogen and oxygen atoms in total. The first kappa shape index (κ1) is 14.0. The molecule has 1 aliphatic rings. The summed E-state index contributed by atoms with van der Waals surface area (Å²) in [5.74, 6) is -0.365. The van der Waals surface area contributed by atoms with E-state index in [1.807, 2.05) is 13.8 Å². The third-order valence-electron chi connectivity index (χ3n) is 3.17. The number of hydrogen-bond acceptors (Lipinski definition) is 4. The molecule has 0 aromatic heterocycles. The van der Waals surface area contributed by atoms with Gasteiger partial charge >= 0.3 is 5.97 Å². The average molecular weight is 242 g/mol. The van der Waals surface area contributed by atoms with Crippen LogP contribution in [0.2, 0.25) is 0 Å². The van der Waals surface area contributed by atoms with Crippen molar-refractivity contribution in [1.82, 2.24) is 10.2 Å². The highest BCUT2D eigenvalue weighted by Crippen LogP contribution is 2.21. The molecule has 0 aromatic rings. The summed E-state index contributed by atoms with van der Waals surface area (Å²) < 4.78 is 4.62. The molecule has 17 heavy (non-hydrogen) atoms. The second-order valence-electron chi connectivity index (χ2n) is 4.67. The van der Waals surface area contributed by atoms with Gasteiger partial charge < -0.3 is 15.0 Å². The van der Waals surface area contributed by atoms with Gasteiger partial charge in [-0.2, -0.15) is 0 Å². The molecule has 98 valence electrons. The summed E-state index contributed by atoms with van der Waals surface area (Å²) in [7, 11) is 1.34. The van der Waals surface area contributed by atoms with E-state index < -0.39 is 5.54 Å². The van der Waals surface area contributed by atoms with Gasteiger partial charge in [0.15, 0.2) is 0 Å². The standard InChI is InChI=1S/C12H22N2O3/c1-4-8-14(9-10(15)17-3)11(16)12(2)6-5-7-13-12/h13H,4-9H2,1-3H3. The van der Waals surface area contributed by atoms with Crippen LogP contribution in [0.25, 0.3) is 0 Å². The predicted octanol–water partition coefficient (Wildman–Crippen LogP) is 0.540. The molecule has 0 spiro atoms. The van der Waals surface area contributed by atoms with Crippen LogP contribution < -0.4 is 5.32 Å². The summed E-state index contributed by atoms with van der Waals surface area (Å²) in [6.45, 7) is 5.39. The van der Waals surface area contributed by atoms with Gasteiger partial charge in [-0.3, -0.25) is 9.59 Å². The molecule has 1 unspecified atom stereocenters. The lowest BCUT2D eigenvalue weighted by molar-refractivity contribution is -0.149. The fourth-order valence-electron chi connectivity index (χ4n) is 2.17. The molecule has 1 saturated heterocycles. The van der Waals surface area contributed by atoms with Crippen LogP contribution in [0.15, 0.2) is 0 Å². The minimum absolute atomic E-state index is 0.00208. The van der Waals surface area contributed by atoms with Crippen LogP contribution in [0, 0.1) is 0 Å². The van der Waals surface area contributed by atoms with Crippen molar-refractivity contribution < 1.29 is 14.3 Å². The normalized spacial score (nSPS) is 23.5. The van der Waals surface area contributed by atoms with Crippen LogP contribution in [0.1, 0.15) is 33.1 Å². The highest BCUT2D eigenvalue weighted by atomic mass is 16.5. The number of hydrogen-bond donors (Lipinski definition) is 1. The lowest BCUT2D eigenvalue weighted by Crippen LogP contribution is -2.54. The quantitative estimate of drug-likeness (QED) is 0.715. The molecule has 1 fully saturated rings. The monoisotopic (exact) mass is 242 g/mol. The van der Waals surface area contributed by atoms with E-state index in [0.29, 0.717) is 6.54 Å². The van der Waals surface area contributed by atoms with Crippen molar-refractivity contribution in [3.63, 3.8) is 0 Å². The Morgan fingerprint density at radius 3 is 2.65 bits per heavy atom. The summed E-state index contributed by atoms with van der Waals surface area (Å²) in [5.41, 5.74) is -0.511. The van der Waals surface area contributed by atoms with Crippen LogP contribution in [-0.2, 0) is 14.3 Å². The molecule has 1 heterocycles. The molecule has 1 amide bonds. The number of nitrogens with zero attached hydrogens (tertiary/aromatic N) is 1. The molecular formula is C12H22N2O3. The molecular weight excluding hydrogens is 220 g/mol. The maximum Gasteiger partial charge on any atom is 0.325 e. The third kappa shape index (κ3) is 3.43. The first-order valence-corrected chi connectivity index (χ1v) is 6.14. The van der Waals surface area contributed by atoms with E-state index >= 15 is 0 Å². The van der Waals surface area contributed by atoms with Gasteiger partial charge in [-0.15, -0.1) is 0 Å². The van der Waals surface area contributed by atoms with Crippen LogP contribution in [0.5, 0.6) is 0 Å². The zero-order valence-corrected chi connectivity index (χ0v) is 10.9. The zero-order valence-electron chi connectivity index (χ0n) is 10.9. The predicted molar refractivity (Wildman–Crippen MR) is 64.5 cm³/mol. The van der Waals surface area contributed by atoms with Crippen LogP contribution in [0.3, 0.4) is 0 Å². The number of carbonyl (C=O) groups excluding carboxylic acids is 2. The molecule has 0 saturated carbocycles. The van der Waals surface area contributed by atoms with E-state index in [1.54, 1.807) is 4.90 Å². The zero-order chi connectivity index (χ0) is 12.9. The Morgan fingerprint density at radius 1 is 1.47 bits per heavy atom. The fraction of sp³-hybridized carbons (Fsp3) is 0.833. The Labute approximate surface area is 102 Å². The summed E-state index contributed by atoms with van der Waals surface area (Å²) in [6.07, 6.45) is 2.66. The second-order valence-corrected chi connectivity index (χ2v) is 4.67. The Bertz CT molecular complexity index is 285. The highest BCUT2D eigenvalue weighted by Gasteiger charge is 2.39. The fourth-order valence-corrected chi connectivity index (χ4v) is 2.17. The number of amides is 1. The molecule has 0 aliphatic carbocycles. The van der Waals surface area contributed by atoms with E-state index in [0.717, 1.165) is 25.8 Å². The number of ether oxygens (including phenoxy) is 1. The summed E-state index contributed by atoms with van der Waals surface area (Å²) >= 11 is 0. The van der Waals surface area contributed by atoms with E-state index in [4.69, 9.17) is 0 Å². The summed E-state index contributed by atoms with van der Waals surface area (Å²) in [5, 5.41) is 3.22. The number of rotatable bonds is 5. The Balaban J connectivity index is 2.68. The van der Waals surface area contributed by atoms with Gasteiger partial charge in [-0.1, -0.05) is 6.92 Å². The maximum atomic E-state index is 12.4. The van der Waals surface area contributed by atoms with Gasteiger partial charge in [0.2, 0.25) is 5.91 Å². The van der Waals surface area contributed by atoms with Crippen molar-refractivity contribution in [3.05, 3.63) is 0 Å². The van der Waals surface area contributed by atoms with Gasteiger partial charge in [0.25, 0.3) is 0 Å². The smallest absolute Gasteiger partial charge is 0.325 e. The topological polar surface area (TPSA) is 58.6 Å². The van der Waals surface area contributed by atoms with Gasteiger partial charge in [0.05, 0.1) is 12.6 Å². The van der Waals surface area contributed by atoms with Crippen LogP contribution in [0.4, 0.5) is 0 Å². The number of methoxy groups -OCH3 is 1. The van der Waals surface area contributed by atoms with Crippen molar-refractivity contribution >= 4 is 11.9 Å². The van der Waals surface area contributed by atoms with Gasteiger partial charge in [0.1, 0.15) is 6.54 Å². The first-order chi connectivity index (χ1) is 8.03.